The summed E-state index contributed by atoms with van der Waals surface area (Å²) in [4.78, 5) is 13.3. The summed E-state index contributed by atoms with van der Waals surface area (Å²) in [5.74, 6) is 0.627. The van der Waals surface area contributed by atoms with Crippen LogP contribution in [0.5, 0.6) is 5.75 Å². The molecule has 0 radical (unpaired) electrons. The average molecular weight is 211 g/mol. The molecule has 1 rings (SSSR count). The van der Waals surface area contributed by atoms with E-state index in [-0.39, 0.29) is 12.5 Å². The zero-order valence-electron chi connectivity index (χ0n) is 9.43. The van der Waals surface area contributed by atoms with Crippen molar-refractivity contribution >= 4 is 5.91 Å². The highest BCUT2D eigenvalue weighted by Crippen LogP contribution is 2.06. The summed E-state index contributed by atoms with van der Waals surface area (Å²) in [7, 11) is 1.80. The van der Waals surface area contributed by atoms with E-state index in [1.165, 1.54) is 0 Å². The average Bonchev–Trinajstić information content (AvgIpc) is 2.63. The van der Waals surface area contributed by atoms with E-state index in [9.17, 15) is 4.79 Å². The second-order valence-corrected chi connectivity index (χ2v) is 3.20. The Hall–Kier alpha value is -1.52. The van der Waals surface area contributed by atoms with Crippen LogP contribution < -0.4 is 4.74 Å². The quantitative estimate of drug-likeness (QED) is 0.719. The number of ether oxygens (including phenoxy) is 1. The van der Waals surface area contributed by atoms with E-state index >= 15 is 0 Å². The van der Waals surface area contributed by atoms with Gasteiger partial charge >= 0.3 is 0 Å². The normalized spacial score (nSPS) is 10.1. The fraction of sp³-hybridized carbons (Fsp3) is 0.600. The molecule has 0 bridgehead atoms. The van der Waals surface area contributed by atoms with Crippen molar-refractivity contribution in [3.05, 3.63) is 12.4 Å². The van der Waals surface area contributed by atoms with Crippen LogP contribution in [0.15, 0.2) is 12.4 Å². The van der Waals surface area contributed by atoms with E-state index in [0.717, 1.165) is 0 Å². The number of aryl methyl sites for hydroxylation is 1. The fourth-order valence-corrected chi connectivity index (χ4v) is 1.29. The monoisotopic (exact) mass is 211 g/mol. The van der Waals surface area contributed by atoms with Gasteiger partial charge in [0.2, 0.25) is 0 Å². The van der Waals surface area contributed by atoms with Gasteiger partial charge in [0.1, 0.15) is 0 Å². The summed E-state index contributed by atoms with van der Waals surface area (Å²) in [6.07, 6.45) is 3.32. The minimum Gasteiger partial charge on any atom is -0.480 e. The van der Waals surface area contributed by atoms with Crippen molar-refractivity contribution in [3.8, 4) is 5.75 Å². The molecule has 0 atom stereocenters. The number of likely N-dealkylation sites (N-methyl/N-ethyl adjacent to an activating group) is 1. The van der Waals surface area contributed by atoms with E-state index in [2.05, 4.69) is 5.10 Å². The third-order valence-corrected chi connectivity index (χ3v) is 2.16. The van der Waals surface area contributed by atoms with E-state index in [1.54, 1.807) is 29.0 Å². The fourth-order valence-electron chi connectivity index (χ4n) is 1.29. The number of rotatable bonds is 5. The van der Waals surface area contributed by atoms with Crippen molar-refractivity contribution in [1.29, 1.82) is 0 Å². The first-order valence-corrected chi connectivity index (χ1v) is 5.06. The van der Waals surface area contributed by atoms with Crippen LogP contribution in [0.2, 0.25) is 0 Å². The number of hydrogen-bond acceptors (Lipinski definition) is 3. The van der Waals surface area contributed by atoms with Crippen LogP contribution in [0.3, 0.4) is 0 Å². The number of aromatic nitrogens is 2. The van der Waals surface area contributed by atoms with Gasteiger partial charge in [0.25, 0.3) is 5.91 Å². The molecule has 0 unspecified atom stereocenters. The van der Waals surface area contributed by atoms with Gasteiger partial charge < -0.3 is 9.64 Å². The van der Waals surface area contributed by atoms with Crippen LogP contribution in [0.1, 0.15) is 13.8 Å². The largest absolute Gasteiger partial charge is 0.480 e. The molecule has 1 aromatic heterocycles. The van der Waals surface area contributed by atoms with E-state index < -0.39 is 0 Å². The summed E-state index contributed by atoms with van der Waals surface area (Å²) in [6, 6.07) is 0. The molecule has 0 aromatic carbocycles. The lowest BCUT2D eigenvalue weighted by Gasteiger charge is -2.18. The Kier molecular flexibility index (Phi) is 4.15. The molecule has 0 fully saturated rings. The van der Waals surface area contributed by atoms with Crippen molar-refractivity contribution in [1.82, 2.24) is 14.7 Å². The SMILES string of the molecule is CCN(CC)C(=O)COc1cnn(C)c1. The highest BCUT2D eigenvalue weighted by Gasteiger charge is 2.10. The highest BCUT2D eigenvalue weighted by molar-refractivity contribution is 5.77. The minimum absolute atomic E-state index is 0.00357. The Morgan fingerprint density at radius 3 is 2.67 bits per heavy atom. The molecule has 1 amide bonds. The van der Waals surface area contributed by atoms with Gasteiger partial charge in [0, 0.05) is 20.1 Å². The first-order valence-electron chi connectivity index (χ1n) is 5.06. The van der Waals surface area contributed by atoms with Gasteiger partial charge in [-0.3, -0.25) is 9.48 Å². The van der Waals surface area contributed by atoms with Gasteiger partial charge in [-0.15, -0.1) is 0 Å². The maximum absolute atomic E-state index is 11.6. The molecule has 0 aliphatic rings. The summed E-state index contributed by atoms with van der Waals surface area (Å²) in [6.45, 7) is 5.40. The number of carbonyl (C=O) groups excluding carboxylic acids is 1. The van der Waals surface area contributed by atoms with E-state index in [1.807, 2.05) is 13.8 Å². The van der Waals surface area contributed by atoms with Crippen molar-refractivity contribution in [2.75, 3.05) is 19.7 Å². The number of hydrogen-bond donors (Lipinski definition) is 0. The van der Waals surface area contributed by atoms with Crippen molar-refractivity contribution < 1.29 is 9.53 Å². The molecule has 0 aliphatic heterocycles. The molecule has 15 heavy (non-hydrogen) atoms. The van der Waals surface area contributed by atoms with E-state index in [4.69, 9.17) is 4.74 Å². The van der Waals surface area contributed by atoms with Crippen LogP contribution in [-0.2, 0) is 11.8 Å². The van der Waals surface area contributed by atoms with Crippen LogP contribution in [0, 0.1) is 0 Å². The zero-order valence-corrected chi connectivity index (χ0v) is 9.43. The molecular formula is C10H17N3O2. The summed E-state index contributed by atoms with van der Waals surface area (Å²) in [5, 5.41) is 3.95. The van der Waals surface area contributed by atoms with Gasteiger partial charge in [-0.1, -0.05) is 0 Å². The van der Waals surface area contributed by atoms with Crippen LogP contribution in [0.4, 0.5) is 0 Å². The Morgan fingerprint density at radius 1 is 1.53 bits per heavy atom. The first kappa shape index (κ1) is 11.6. The second-order valence-electron chi connectivity index (χ2n) is 3.20. The van der Waals surface area contributed by atoms with Crippen molar-refractivity contribution in [3.63, 3.8) is 0 Å². The van der Waals surface area contributed by atoms with Crippen molar-refractivity contribution in [2.45, 2.75) is 13.8 Å². The predicted octanol–water partition coefficient (Wildman–Crippen LogP) is 0.667. The molecule has 1 heterocycles. The molecule has 0 aliphatic carbocycles. The van der Waals surface area contributed by atoms with Crippen LogP contribution in [-0.4, -0.2) is 40.3 Å². The predicted molar refractivity (Wildman–Crippen MR) is 56.6 cm³/mol. The van der Waals surface area contributed by atoms with Gasteiger partial charge in [-0.25, -0.2) is 0 Å². The molecule has 5 nitrogen and oxygen atoms in total. The molecular weight excluding hydrogens is 194 g/mol. The van der Waals surface area contributed by atoms with Gasteiger partial charge in [-0.05, 0) is 13.8 Å². The standard InChI is InChI=1S/C10H17N3O2/c1-4-13(5-2)10(14)8-15-9-6-11-12(3)7-9/h6-7H,4-5,8H2,1-3H3. The maximum atomic E-state index is 11.6. The van der Waals surface area contributed by atoms with Crippen LogP contribution in [0.25, 0.3) is 0 Å². The molecule has 0 spiro atoms. The smallest absolute Gasteiger partial charge is 0.260 e. The van der Waals surface area contributed by atoms with Gasteiger partial charge in [0.05, 0.1) is 12.4 Å². The molecule has 84 valence electrons. The number of nitrogens with zero attached hydrogens (tertiary/aromatic N) is 3. The lowest BCUT2D eigenvalue weighted by molar-refractivity contribution is -0.132. The Balaban J connectivity index is 2.40. The minimum atomic E-state index is 0.00357. The van der Waals surface area contributed by atoms with Gasteiger partial charge in [0.15, 0.2) is 12.4 Å². The van der Waals surface area contributed by atoms with Gasteiger partial charge in [-0.2, -0.15) is 5.10 Å². The first-order chi connectivity index (χ1) is 7.17. The zero-order chi connectivity index (χ0) is 11.3. The van der Waals surface area contributed by atoms with Crippen molar-refractivity contribution in [2.24, 2.45) is 7.05 Å². The third-order valence-electron chi connectivity index (χ3n) is 2.16. The lowest BCUT2D eigenvalue weighted by Crippen LogP contribution is -2.34. The summed E-state index contributed by atoms with van der Waals surface area (Å²) in [5.41, 5.74) is 0. The molecule has 1 aromatic rings. The maximum Gasteiger partial charge on any atom is 0.260 e. The molecule has 0 saturated heterocycles. The number of carbonyl (C=O) groups is 1. The summed E-state index contributed by atoms with van der Waals surface area (Å²) < 4.78 is 6.93. The topological polar surface area (TPSA) is 47.4 Å². The molecule has 5 heteroatoms. The Labute approximate surface area is 89.6 Å². The Morgan fingerprint density at radius 2 is 2.20 bits per heavy atom. The number of amides is 1. The Bertz CT molecular complexity index is 318. The van der Waals surface area contributed by atoms with E-state index in [0.29, 0.717) is 18.8 Å². The lowest BCUT2D eigenvalue weighted by atomic mass is 10.4. The molecule has 0 saturated carbocycles. The highest BCUT2D eigenvalue weighted by atomic mass is 16.5. The third kappa shape index (κ3) is 3.27. The second kappa shape index (κ2) is 5.38. The molecule has 0 N–H and O–H groups in total. The summed E-state index contributed by atoms with van der Waals surface area (Å²) >= 11 is 0. The van der Waals surface area contributed by atoms with Crippen LogP contribution >= 0.6 is 0 Å².